The van der Waals surface area contributed by atoms with Gasteiger partial charge in [-0.25, -0.2) is 9.18 Å². The smallest absolute Gasteiger partial charge is 0.317 e. The topological polar surface area (TPSA) is 59.6 Å². The van der Waals surface area contributed by atoms with Gasteiger partial charge in [-0.3, -0.25) is 15.8 Å². The van der Waals surface area contributed by atoms with Crippen molar-refractivity contribution < 1.29 is 9.18 Å². The van der Waals surface area contributed by atoms with Gasteiger partial charge in [0.05, 0.1) is 12.1 Å². The Kier molecular flexibility index (Phi) is 5.42. The van der Waals surface area contributed by atoms with Gasteiger partial charge in [-0.2, -0.15) is 0 Å². The third-order valence-electron chi connectivity index (χ3n) is 7.15. The molecular weight excluding hydrogens is 393 g/mol. The van der Waals surface area contributed by atoms with Crippen molar-refractivity contribution in [3.05, 3.63) is 65.0 Å². The monoisotopic (exact) mass is 423 g/mol. The summed E-state index contributed by atoms with van der Waals surface area (Å²) in [5, 5.41) is 3.43. The first-order valence-electron chi connectivity index (χ1n) is 11.2. The van der Waals surface area contributed by atoms with Crippen molar-refractivity contribution in [2.75, 3.05) is 37.6 Å². The molecule has 3 fully saturated rings. The zero-order valence-electron chi connectivity index (χ0n) is 18.0. The summed E-state index contributed by atoms with van der Waals surface area (Å²) < 4.78 is 13.6. The molecule has 0 bridgehead atoms. The molecule has 31 heavy (non-hydrogen) atoms. The van der Waals surface area contributed by atoms with Crippen LogP contribution in [0.2, 0.25) is 0 Å². The van der Waals surface area contributed by atoms with Crippen LogP contribution >= 0.6 is 0 Å². The van der Waals surface area contributed by atoms with Crippen molar-refractivity contribution in [3.8, 4) is 0 Å². The van der Waals surface area contributed by atoms with Crippen molar-refractivity contribution in [1.82, 2.24) is 21.1 Å². The second-order valence-corrected chi connectivity index (χ2v) is 9.05. The van der Waals surface area contributed by atoms with Gasteiger partial charge in [0, 0.05) is 31.2 Å². The molecule has 6 nitrogen and oxygen atoms in total. The number of rotatable bonds is 4. The number of benzene rings is 2. The first-order valence-corrected chi connectivity index (χ1v) is 11.2. The Balaban J connectivity index is 1.42. The van der Waals surface area contributed by atoms with E-state index in [1.807, 2.05) is 22.8 Å². The molecule has 3 heterocycles. The highest BCUT2D eigenvalue weighted by molar-refractivity contribution is 5.95. The highest BCUT2D eigenvalue weighted by Gasteiger charge is 2.50. The van der Waals surface area contributed by atoms with E-state index in [1.165, 1.54) is 11.6 Å². The van der Waals surface area contributed by atoms with Crippen LogP contribution in [0.3, 0.4) is 0 Å². The molecule has 0 saturated carbocycles. The lowest BCUT2D eigenvalue weighted by Gasteiger charge is -2.40. The van der Waals surface area contributed by atoms with Gasteiger partial charge in [-0.15, -0.1) is 0 Å². The van der Waals surface area contributed by atoms with Crippen molar-refractivity contribution >= 4 is 11.7 Å². The minimum Gasteiger partial charge on any atom is -0.317 e. The van der Waals surface area contributed by atoms with Crippen molar-refractivity contribution in [3.63, 3.8) is 0 Å². The molecule has 2 aromatic rings. The average molecular weight is 424 g/mol. The van der Waals surface area contributed by atoms with E-state index in [0.717, 1.165) is 55.8 Å². The Morgan fingerprint density at radius 3 is 2.45 bits per heavy atom. The predicted molar refractivity (Wildman–Crippen MR) is 119 cm³/mol. The zero-order chi connectivity index (χ0) is 21.4. The summed E-state index contributed by atoms with van der Waals surface area (Å²) in [6.07, 6.45) is 1.85. The molecule has 3 aliphatic rings. The number of nitrogens with one attached hydrogen (secondary N) is 3. The van der Waals surface area contributed by atoms with E-state index >= 15 is 0 Å². The highest BCUT2D eigenvalue weighted by Crippen LogP contribution is 2.38. The largest absolute Gasteiger partial charge is 0.325 e. The number of nitrogens with zero attached hydrogens (tertiary/aromatic N) is 2. The standard InChI is InChI=1S/C24H30FN5O/c1-17-12-21(25)5-2-19(17)15-30-23(31)29(16-24(30)8-10-26-11-9-24)22-6-3-18(4-7-22)20-13-27-28-14-20/h2-7,12,20,26-28H,8-11,13-16H2,1H3. The maximum Gasteiger partial charge on any atom is 0.325 e. The van der Waals surface area contributed by atoms with E-state index in [2.05, 4.69) is 40.4 Å². The fourth-order valence-electron chi connectivity index (χ4n) is 5.19. The Labute approximate surface area is 182 Å². The van der Waals surface area contributed by atoms with Crippen molar-refractivity contribution in [2.45, 2.75) is 37.8 Å². The highest BCUT2D eigenvalue weighted by atomic mass is 19.1. The van der Waals surface area contributed by atoms with Gasteiger partial charge in [0.15, 0.2) is 0 Å². The first-order chi connectivity index (χ1) is 15.1. The Bertz CT molecular complexity index is 951. The third-order valence-corrected chi connectivity index (χ3v) is 7.15. The Morgan fingerprint density at radius 1 is 1.06 bits per heavy atom. The van der Waals surface area contributed by atoms with E-state index in [0.29, 0.717) is 19.0 Å². The summed E-state index contributed by atoms with van der Waals surface area (Å²) in [5.41, 5.74) is 10.3. The number of hydrogen-bond donors (Lipinski definition) is 3. The SMILES string of the molecule is Cc1cc(F)ccc1CN1C(=O)N(c2ccc(C3CNNC3)cc2)CC12CCNCC2. The molecule has 0 unspecified atom stereocenters. The summed E-state index contributed by atoms with van der Waals surface area (Å²) in [7, 11) is 0. The minimum absolute atomic E-state index is 0.0441. The molecule has 0 aliphatic carbocycles. The van der Waals surface area contributed by atoms with Gasteiger partial charge in [-0.1, -0.05) is 18.2 Å². The number of hydrazine groups is 1. The lowest BCUT2D eigenvalue weighted by molar-refractivity contribution is 0.119. The molecule has 2 amide bonds. The van der Waals surface area contributed by atoms with Crippen LogP contribution in [0, 0.1) is 12.7 Å². The summed E-state index contributed by atoms with van der Waals surface area (Å²) in [5.74, 6) is 0.219. The van der Waals surface area contributed by atoms with E-state index in [1.54, 1.807) is 6.07 Å². The number of aryl methyl sites for hydroxylation is 1. The summed E-state index contributed by atoms with van der Waals surface area (Å²) in [6.45, 7) is 6.77. The van der Waals surface area contributed by atoms with Crippen LogP contribution in [0.15, 0.2) is 42.5 Å². The number of hydrogen-bond acceptors (Lipinski definition) is 4. The first kappa shape index (κ1) is 20.4. The van der Waals surface area contributed by atoms with Gasteiger partial charge >= 0.3 is 6.03 Å². The molecule has 1 spiro atoms. The van der Waals surface area contributed by atoms with Crippen LogP contribution in [-0.4, -0.2) is 49.2 Å². The summed E-state index contributed by atoms with van der Waals surface area (Å²) in [4.78, 5) is 17.6. The van der Waals surface area contributed by atoms with Gasteiger partial charge in [-0.05, 0) is 73.8 Å². The van der Waals surface area contributed by atoms with E-state index in [4.69, 9.17) is 0 Å². The predicted octanol–water partition coefficient (Wildman–Crippen LogP) is 2.89. The molecule has 164 valence electrons. The number of carbonyl (C=O) groups is 1. The molecule has 3 N–H and O–H groups in total. The number of urea groups is 1. The maximum absolute atomic E-state index is 13.6. The van der Waals surface area contributed by atoms with Crippen molar-refractivity contribution in [2.24, 2.45) is 0 Å². The summed E-state index contributed by atoms with van der Waals surface area (Å²) >= 11 is 0. The molecule has 0 aromatic heterocycles. The fraction of sp³-hybridized carbons (Fsp3) is 0.458. The van der Waals surface area contributed by atoms with Crippen LogP contribution in [0.25, 0.3) is 0 Å². The summed E-state index contributed by atoms with van der Waals surface area (Å²) in [6, 6.07) is 13.3. The van der Waals surface area contributed by atoms with E-state index in [9.17, 15) is 9.18 Å². The Hall–Kier alpha value is -2.48. The van der Waals surface area contributed by atoms with Crippen molar-refractivity contribution in [1.29, 1.82) is 0 Å². The molecule has 2 aromatic carbocycles. The number of halogens is 1. The molecular formula is C24H30FN5O. The molecule has 3 aliphatic heterocycles. The maximum atomic E-state index is 13.6. The lowest BCUT2D eigenvalue weighted by atomic mass is 9.87. The molecule has 0 radical (unpaired) electrons. The fourth-order valence-corrected chi connectivity index (χ4v) is 5.19. The van der Waals surface area contributed by atoms with Gasteiger partial charge in [0.2, 0.25) is 0 Å². The second-order valence-electron chi connectivity index (χ2n) is 9.05. The number of piperidine rings is 1. The number of anilines is 1. The normalized spacial score (nSPS) is 21.4. The molecule has 7 heteroatoms. The van der Waals surface area contributed by atoms with Crippen LogP contribution in [0.4, 0.5) is 14.9 Å². The van der Waals surface area contributed by atoms with Gasteiger partial charge in [0.1, 0.15) is 5.82 Å². The molecule has 0 atom stereocenters. The van der Waals surface area contributed by atoms with Gasteiger partial charge in [0.25, 0.3) is 0 Å². The quantitative estimate of drug-likeness (QED) is 0.708. The average Bonchev–Trinajstić information content (AvgIpc) is 3.40. The second kappa shape index (κ2) is 8.22. The number of amides is 2. The number of carbonyl (C=O) groups excluding carboxylic acids is 1. The van der Waals surface area contributed by atoms with Crippen LogP contribution in [0.5, 0.6) is 0 Å². The lowest BCUT2D eigenvalue weighted by Crippen LogP contribution is -2.53. The minimum atomic E-state index is -0.236. The van der Waals surface area contributed by atoms with E-state index in [-0.39, 0.29) is 17.4 Å². The third kappa shape index (κ3) is 3.82. The van der Waals surface area contributed by atoms with Crippen LogP contribution in [-0.2, 0) is 6.54 Å². The van der Waals surface area contributed by atoms with Crippen LogP contribution < -0.4 is 21.1 Å². The van der Waals surface area contributed by atoms with E-state index < -0.39 is 0 Å². The molecule has 3 saturated heterocycles. The zero-order valence-corrected chi connectivity index (χ0v) is 18.0. The van der Waals surface area contributed by atoms with Gasteiger partial charge < -0.3 is 10.2 Å². The Morgan fingerprint density at radius 2 is 1.77 bits per heavy atom. The van der Waals surface area contributed by atoms with Crippen LogP contribution in [0.1, 0.15) is 35.4 Å². The molecule has 5 rings (SSSR count).